The molecule has 2 rings (SSSR count). The zero-order valence-corrected chi connectivity index (χ0v) is 9.47. The van der Waals surface area contributed by atoms with Gasteiger partial charge in [0.2, 0.25) is 0 Å². The van der Waals surface area contributed by atoms with Crippen LogP contribution in [-0.2, 0) is 7.05 Å². The maximum Gasteiger partial charge on any atom is 0.0519 e. The van der Waals surface area contributed by atoms with E-state index in [9.17, 15) is 0 Å². The lowest BCUT2D eigenvalue weighted by Crippen LogP contribution is -1.92. The second-order valence-electron chi connectivity index (χ2n) is 4.01. The minimum Gasteiger partial charge on any atom is -0.348 e. The van der Waals surface area contributed by atoms with E-state index in [-0.39, 0.29) is 0 Å². The summed E-state index contributed by atoms with van der Waals surface area (Å²) in [4.78, 5) is 4.50. The molecule has 0 amide bonds. The Kier molecular flexibility index (Phi) is 1.88. The highest BCUT2D eigenvalue weighted by Gasteiger charge is 2.11. The number of hydrogen-bond donors (Lipinski definition) is 0. The molecule has 0 radical (unpaired) electrons. The molecule has 0 fully saturated rings. The maximum atomic E-state index is 4.50. The number of rotatable bonds is 0. The Hall–Kier alpha value is -1.31. The van der Waals surface area contributed by atoms with Gasteiger partial charge in [0.15, 0.2) is 0 Å². The van der Waals surface area contributed by atoms with Crippen molar-refractivity contribution in [2.75, 3.05) is 0 Å². The van der Waals surface area contributed by atoms with E-state index in [1.165, 1.54) is 22.2 Å². The van der Waals surface area contributed by atoms with Crippen LogP contribution in [0.1, 0.15) is 22.6 Å². The number of fused-ring (bicyclic) bond motifs is 1. The normalized spacial score (nSPS) is 11.2. The Morgan fingerprint density at radius 2 is 1.79 bits per heavy atom. The van der Waals surface area contributed by atoms with Crippen molar-refractivity contribution in [3.8, 4) is 0 Å². The molecule has 2 aromatic heterocycles. The molecule has 2 heterocycles. The van der Waals surface area contributed by atoms with E-state index in [1.54, 1.807) is 0 Å². The molecule has 0 N–H and O–H groups in total. The van der Waals surface area contributed by atoms with Crippen LogP contribution < -0.4 is 0 Å². The summed E-state index contributed by atoms with van der Waals surface area (Å²) in [7, 11) is 2.11. The Morgan fingerprint density at radius 3 is 2.43 bits per heavy atom. The SMILES string of the molecule is Cc1cc2c(c(C)n1)c(C)c(C)n2C. The van der Waals surface area contributed by atoms with Gasteiger partial charge < -0.3 is 4.57 Å². The van der Waals surface area contributed by atoms with Crippen LogP contribution in [0.3, 0.4) is 0 Å². The quantitative estimate of drug-likeness (QED) is 0.621. The lowest BCUT2D eigenvalue weighted by Gasteiger charge is -2.01. The summed E-state index contributed by atoms with van der Waals surface area (Å²) in [5.41, 5.74) is 6.21. The highest BCUT2D eigenvalue weighted by atomic mass is 15.0. The van der Waals surface area contributed by atoms with E-state index in [0.717, 1.165) is 11.4 Å². The number of aromatic nitrogens is 2. The minimum absolute atomic E-state index is 1.09. The Balaban J connectivity index is 3.02. The van der Waals surface area contributed by atoms with Crippen molar-refractivity contribution in [3.63, 3.8) is 0 Å². The third-order valence-electron chi connectivity index (χ3n) is 3.09. The topological polar surface area (TPSA) is 17.8 Å². The molecular weight excluding hydrogens is 172 g/mol. The fourth-order valence-electron chi connectivity index (χ4n) is 2.15. The average Bonchev–Trinajstić information content (AvgIpc) is 2.31. The average molecular weight is 188 g/mol. The summed E-state index contributed by atoms with van der Waals surface area (Å²) >= 11 is 0. The fourth-order valence-corrected chi connectivity index (χ4v) is 2.15. The monoisotopic (exact) mass is 188 g/mol. The highest BCUT2D eigenvalue weighted by molar-refractivity contribution is 5.87. The number of nitrogens with zero attached hydrogens (tertiary/aromatic N) is 2. The van der Waals surface area contributed by atoms with Gasteiger partial charge in [-0.05, 0) is 39.3 Å². The van der Waals surface area contributed by atoms with Gasteiger partial charge in [-0.3, -0.25) is 4.98 Å². The third kappa shape index (κ3) is 1.07. The number of hydrogen-bond acceptors (Lipinski definition) is 1. The Morgan fingerprint density at radius 1 is 1.14 bits per heavy atom. The van der Waals surface area contributed by atoms with Gasteiger partial charge >= 0.3 is 0 Å². The van der Waals surface area contributed by atoms with Gasteiger partial charge in [-0.2, -0.15) is 0 Å². The van der Waals surface area contributed by atoms with Gasteiger partial charge in [-0.25, -0.2) is 0 Å². The molecule has 0 atom stereocenters. The van der Waals surface area contributed by atoms with Crippen molar-refractivity contribution in [1.29, 1.82) is 0 Å². The number of pyridine rings is 1. The van der Waals surface area contributed by atoms with Crippen molar-refractivity contribution in [3.05, 3.63) is 28.7 Å². The molecule has 2 nitrogen and oxygen atoms in total. The first kappa shape index (κ1) is 9.25. The summed E-state index contributed by atoms with van der Waals surface area (Å²) in [6.07, 6.45) is 0. The van der Waals surface area contributed by atoms with Crippen LogP contribution in [0.4, 0.5) is 0 Å². The van der Waals surface area contributed by atoms with Crippen LogP contribution in [0.2, 0.25) is 0 Å². The van der Waals surface area contributed by atoms with Crippen molar-refractivity contribution in [1.82, 2.24) is 9.55 Å². The van der Waals surface area contributed by atoms with Crippen LogP contribution in [0.25, 0.3) is 10.9 Å². The standard InChI is InChI=1S/C12H16N2/c1-7-6-11-12(9(3)13-7)8(2)10(4)14(11)5/h6H,1-5H3. The van der Waals surface area contributed by atoms with Crippen molar-refractivity contribution >= 4 is 10.9 Å². The molecule has 0 spiro atoms. The van der Waals surface area contributed by atoms with Crippen LogP contribution >= 0.6 is 0 Å². The third-order valence-corrected chi connectivity index (χ3v) is 3.09. The molecule has 0 aromatic carbocycles. The highest BCUT2D eigenvalue weighted by Crippen LogP contribution is 2.26. The summed E-state index contributed by atoms with van der Waals surface area (Å²) in [5.74, 6) is 0. The summed E-state index contributed by atoms with van der Waals surface area (Å²) < 4.78 is 2.24. The van der Waals surface area contributed by atoms with E-state index < -0.39 is 0 Å². The van der Waals surface area contributed by atoms with Gasteiger partial charge in [0.25, 0.3) is 0 Å². The lowest BCUT2D eigenvalue weighted by atomic mass is 10.1. The molecule has 0 aliphatic carbocycles. The van der Waals surface area contributed by atoms with Crippen LogP contribution in [0, 0.1) is 27.7 Å². The van der Waals surface area contributed by atoms with Gasteiger partial charge in [0, 0.05) is 29.5 Å². The minimum atomic E-state index is 1.09. The maximum absolute atomic E-state index is 4.50. The molecule has 0 aliphatic heterocycles. The largest absolute Gasteiger partial charge is 0.348 e. The number of aryl methyl sites for hydroxylation is 4. The molecular formula is C12H16N2. The van der Waals surface area contributed by atoms with Crippen molar-refractivity contribution in [2.24, 2.45) is 7.05 Å². The Labute approximate surface area is 84.6 Å². The zero-order chi connectivity index (χ0) is 10.5. The zero-order valence-electron chi connectivity index (χ0n) is 9.47. The molecule has 0 saturated heterocycles. The summed E-state index contributed by atoms with van der Waals surface area (Å²) in [5, 5.41) is 1.32. The van der Waals surface area contributed by atoms with Crippen molar-refractivity contribution in [2.45, 2.75) is 27.7 Å². The molecule has 0 unspecified atom stereocenters. The van der Waals surface area contributed by atoms with Gasteiger partial charge in [0.1, 0.15) is 0 Å². The van der Waals surface area contributed by atoms with E-state index in [2.05, 4.69) is 43.4 Å². The van der Waals surface area contributed by atoms with E-state index >= 15 is 0 Å². The van der Waals surface area contributed by atoms with Crippen LogP contribution in [0.5, 0.6) is 0 Å². The second-order valence-corrected chi connectivity index (χ2v) is 4.01. The molecule has 0 aliphatic rings. The second kappa shape index (κ2) is 2.84. The lowest BCUT2D eigenvalue weighted by molar-refractivity contribution is 0.908. The van der Waals surface area contributed by atoms with Crippen LogP contribution in [-0.4, -0.2) is 9.55 Å². The predicted octanol–water partition coefficient (Wildman–Crippen LogP) is 2.81. The first-order valence-electron chi connectivity index (χ1n) is 4.92. The molecule has 2 heteroatoms. The molecule has 0 saturated carbocycles. The van der Waals surface area contributed by atoms with Crippen LogP contribution in [0.15, 0.2) is 6.07 Å². The first-order valence-corrected chi connectivity index (χ1v) is 4.92. The van der Waals surface area contributed by atoms with E-state index in [4.69, 9.17) is 0 Å². The smallest absolute Gasteiger partial charge is 0.0519 e. The van der Waals surface area contributed by atoms with Crippen molar-refractivity contribution < 1.29 is 0 Å². The summed E-state index contributed by atoms with van der Waals surface area (Å²) in [6, 6.07) is 2.16. The first-order chi connectivity index (χ1) is 6.52. The Bertz CT molecular complexity index is 507. The van der Waals surface area contributed by atoms with Gasteiger partial charge in [-0.1, -0.05) is 0 Å². The van der Waals surface area contributed by atoms with Gasteiger partial charge in [0.05, 0.1) is 5.52 Å². The summed E-state index contributed by atoms with van der Waals surface area (Å²) in [6.45, 7) is 8.46. The molecule has 0 bridgehead atoms. The van der Waals surface area contributed by atoms with Gasteiger partial charge in [-0.15, -0.1) is 0 Å². The molecule has 14 heavy (non-hydrogen) atoms. The fraction of sp³-hybridized carbons (Fsp3) is 0.417. The predicted molar refractivity (Wildman–Crippen MR) is 59.7 cm³/mol. The van der Waals surface area contributed by atoms with E-state index in [0.29, 0.717) is 0 Å². The van der Waals surface area contributed by atoms with E-state index in [1.807, 2.05) is 6.92 Å². The molecule has 74 valence electrons. The molecule has 2 aromatic rings.